The van der Waals surface area contributed by atoms with E-state index in [-0.39, 0.29) is 26.1 Å². The van der Waals surface area contributed by atoms with Crippen molar-refractivity contribution in [1.82, 2.24) is 10.3 Å². The maximum Gasteiger partial charge on any atom is 0.226 e. The highest BCUT2D eigenvalue weighted by Gasteiger charge is 2.12. The Morgan fingerprint density at radius 2 is 1.86 bits per heavy atom. The topological polar surface area (TPSA) is 63.7 Å². The summed E-state index contributed by atoms with van der Waals surface area (Å²) in [5.74, 6) is 0.257. The normalized spacial score (nSPS) is 13.7. The van der Waals surface area contributed by atoms with Crippen molar-refractivity contribution >= 4 is 11.6 Å². The number of carbonyl (C=O) groups is 1. The van der Waals surface area contributed by atoms with Crippen LogP contribution in [0.3, 0.4) is 0 Å². The molecule has 1 saturated heterocycles. The number of nitrogens with zero attached hydrogens (tertiary/aromatic N) is 2. The molecule has 6 nitrogen and oxygen atoms in total. The van der Waals surface area contributed by atoms with Crippen LogP contribution in [-0.4, -0.2) is 43.8 Å². The number of hydrogen-bond acceptors (Lipinski definition) is 5. The average molecular weight is 480 g/mol. The first-order valence-electron chi connectivity index (χ1n) is 12.0. The fourth-order valence-corrected chi connectivity index (χ4v) is 3.88. The summed E-state index contributed by atoms with van der Waals surface area (Å²) in [6, 6.07) is 16.8. The molecule has 0 saturated carbocycles. The Kier molecular flexibility index (Phi) is 8.32. The standard InChI is InChI=1S/C28H32FN3O3.H2/c1-20(2)19-35-27-14-21(13-24(29)15-27)17-31-28(33)16-25-6-3-23(18-30-25)22-4-7-26(8-5-22)32-9-11-34-12-10-32;/h3-8,13-15,18,20H,9-12,16-17,19H2,1-2H3,(H,31,33);1H. The molecule has 2 aromatic carbocycles. The second kappa shape index (κ2) is 11.8. The lowest BCUT2D eigenvalue weighted by Gasteiger charge is -2.28. The molecule has 1 fully saturated rings. The van der Waals surface area contributed by atoms with Gasteiger partial charge in [0.1, 0.15) is 11.6 Å². The molecule has 1 amide bonds. The summed E-state index contributed by atoms with van der Waals surface area (Å²) in [4.78, 5) is 19.2. The number of anilines is 1. The number of carbonyl (C=O) groups excluding carboxylic acids is 1. The second-order valence-corrected chi connectivity index (χ2v) is 9.14. The van der Waals surface area contributed by atoms with Crippen LogP contribution in [0.2, 0.25) is 0 Å². The van der Waals surface area contributed by atoms with Gasteiger partial charge in [0.25, 0.3) is 0 Å². The first-order chi connectivity index (χ1) is 17.0. The highest BCUT2D eigenvalue weighted by atomic mass is 19.1. The molecule has 35 heavy (non-hydrogen) atoms. The van der Waals surface area contributed by atoms with E-state index in [1.807, 2.05) is 26.0 Å². The fraction of sp³-hybridized carbons (Fsp3) is 0.357. The Balaban J connectivity index is 0.00000361. The van der Waals surface area contributed by atoms with Gasteiger partial charge in [0.05, 0.1) is 26.2 Å². The Bertz CT molecular complexity index is 1120. The van der Waals surface area contributed by atoms with E-state index >= 15 is 0 Å². The zero-order chi connectivity index (χ0) is 24.6. The number of aromatic nitrogens is 1. The second-order valence-electron chi connectivity index (χ2n) is 9.14. The van der Waals surface area contributed by atoms with Gasteiger partial charge in [-0.3, -0.25) is 9.78 Å². The van der Waals surface area contributed by atoms with Crippen molar-refractivity contribution in [2.24, 2.45) is 5.92 Å². The van der Waals surface area contributed by atoms with Gasteiger partial charge in [-0.2, -0.15) is 0 Å². The van der Waals surface area contributed by atoms with Crippen molar-refractivity contribution in [3.05, 3.63) is 77.9 Å². The monoisotopic (exact) mass is 479 g/mol. The zero-order valence-corrected chi connectivity index (χ0v) is 20.3. The summed E-state index contributed by atoms with van der Waals surface area (Å²) in [6.45, 7) is 8.13. The van der Waals surface area contributed by atoms with Gasteiger partial charge in [-0.25, -0.2) is 4.39 Å². The minimum absolute atomic E-state index is 0. The van der Waals surface area contributed by atoms with Crippen LogP contribution < -0.4 is 15.0 Å². The van der Waals surface area contributed by atoms with Gasteiger partial charge < -0.3 is 19.7 Å². The molecule has 0 aliphatic carbocycles. The summed E-state index contributed by atoms with van der Waals surface area (Å²) >= 11 is 0. The third kappa shape index (κ3) is 7.26. The average Bonchev–Trinajstić information content (AvgIpc) is 2.87. The lowest BCUT2D eigenvalue weighted by Crippen LogP contribution is -2.36. The predicted molar refractivity (Wildman–Crippen MR) is 137 cm³/mol. The molecule has 1 N–H and O–H groups in total. The summed E-state index contributed by atoms with van der Waals surface area (Å²) < 4.78 is 24.9. The molecule has 0 spiro atoms. The molecule has 186 valence electrons. The van der Waals surface area contributed by atoms with E-state index < -0.39 is 0 Å². The lowest BCUT2D eigenvalue weighted by atomic mass is 10.1. The highest BCUT2D eigenvalue weighted by molar-refractivity contribution is 5.78. The summed E-state index contributed by atoms with van der Waals surface area (Å²) in [5.41, 5.74) is 4.59. The van der Waals surface area contributed by atoms with Crippen LogP contribution in [0.15, 0.2) is 60.8 Å². The molecule has 7 heteroatoms. The lowest BCUT2D eigenvalue weighted by molar-refractivity contribution is -0.120. The van der Waals surface area contributed by atoms with Crippen LogP contribution in [0, 0.1) is 11.7 Å². The number of rotatable bonds is 9. The third-order valence-corrected chi connectivity index (χ3v) is 5.75. The summed E-state index contributed by atoms with van der Waals surface area (Å²) in [5, 5.41) is 2.84. The molecular formula is C28H34FN3O3. The van der Waals surface area contributed by atoms with Crippen molar-refractivity contribution < 1.29 is 20.1 Å². The first-order valence-corrected chi connectivity index (χ1v) is 12.0. The van der Waals surface area contributed by atoms with Gasteiger partial charge in [0.2, 0.25) is 5.91 Å². The maximum absolute atomic E-state index is 13.9. The molecule has 0 unspecified atom stereocenters. The SMILES string of the molecule is CC(C)COc1cc(F)cc(CNC(=O)Cc2ccc(-c3ccc(N4CCOCC4)cc3)cn2)c1.[HH]. The Hall–Kier alpha value is -3.45. The van der Waals surface area contributed by atoms with Crippen molar-refractivity contribution in [1.29, 1.82) is 0 Å². The van der Waals surface area contributed by atoms with E-state index in [2.05, 4.69) is 39.5 Å². The van der Waals surface area contributed by atoms with Crippen LogP contribution in [0.25, 0.3) is 11.1 Å². The predicted octanol–water partition coefficient (Wildman–Crippen LogP) is 4.86. The zero-order valence-electron chi connectivity index (χ0n) is 20.3. The Labute approximate surface area is 207 Å². The molecule has 0 atom stereocenters. The fourth-order valence-electron chi connectivity index (χ4n) is 3.88. The summed E-state index contributed by atoms with van der Waals surface area (Å²) in [6.07, 6.45) is 1.94. The van der Waals surface area contributed by atoms with Crippen molar-refractivity contribution in [3.8, 4) is 16.9 Å². The quantitative estimate of drug-likeness (QED) is 0.475. The third-order valence-electron chi connectivity index (χ3n) is 5.75. The summed E-state index contributed by atoms with van der Waals surface area (Å²) in [7, 11) is 0. The maximum atomic E-state index is 13.9. The van der Waals surface area contributed by atoms with E-state index in [1.54, 1.807) is 12.3 Å². The van der Waals surface area contributed by atoms with E-state index in [1.165, 1.54) is 17.8 Å². The molecule has 0 bridgehead atoms. The largest absolute Gasteiger partial charge is 0.493 e. The van der Waals surface area contributed by atoms with E-state index in [9.17, 15) is 9.18 Å². The molecular weight excluding hydrogens is 445 g/mol. The molecule has 1 aromatic heterocycles. The van der Waals surface area contributed by atoms with E-state index in [4.69, 9.17) is 9.47 Å². The molecule has 2 heterocycles. The number of hydrogen-bond donors (Lipinski definition) is 1. The van der Waals surface area contributed by atoms with Crippen molar-refractivity contribution in [3.63, 3.8) is 0 Å². The van der Waals surface area contributed by atoms with Gasteiger partial charge in [-0.15, -0.1) is 0 Å². The van der Waals surface area contributed by atoms with Crippen molar-refractivity contribution in [2.75, 3.05) is 37.8 Å². The van der Waals surface area contributed by atoms with Crippen LogP contribution in [0.4, 0.5) is 10.1 Å². The van der Waals surface area contributed by atoms with Crippen LogP contribution in [0.5, 0.6) is 5.75 Å². The number of nitrogens with one attached hydrogen (secondary N) is 1. The van der Waals surface area contributed by atoms with Gasteiger partial charge in [0.15, 0.2) is 0 Å². The number of ether oxygens (including phenoxy) is 2. The van der Waals surface area contributed by atoms with Crippen LogP contribution in [0.1, 0.15) is 26.5 Å². The molecule has 1 aliphatic rings. The number of morpholine rings is 1. The molecule has 1 aliphatic heterocycles. The van der Waals surface area contributed by atoms with E-state index in [0.29, 0.717) is 29.5 Å². The van der Waals surface area contributed by atoms with E-state index in [0.717, 1.165) is 37.4 Å². The first kappa shape index (κ1) is 24.7. The molecule has 3 aromatic rings. The van der Waals surface area contributed by atoms with Crippen LogP contribution >= 0.6 is 0 Å². The smallest absolute Gasteiger partial charge is 0.226 e. The Morgan fingerprint density at radius 1 is 1.11 bits per heavy atom. The van der Waals surface area contributed by atoms with Gasteiger partial charge in [-0.05, 0) is 47.4 Å². The van der Waals surface area contributed by atoms with Crippen LogP contribution in [-0.2, 0) is 22.5 Å². The molecule has 0 radical (unpaired) electrons. The highest BCUT2D eigenvalue weighted by Crippen LogP contribution is 2.23. The number of benzene rings is 2. The minimum Gasteiger partial charge on any atom is -0.493 e. The van der Waals surface area contributed by atoms with Gasteiger partial charge in [0, 0.05) is 50.3 Å². The Morgan fingerprint density at radius 3 is 2.54 bits per heavy atom. The number of amides is 1. The van der Waals surface area contributed by atoms with Crippen molar-refractivity contribution in [2.45, 2.75) is 26.8 Å². The number of pyridine rings is 1. The number of halogens is 1. The van der Waals surface area contributed by atoms with Gasteiger partial charge >= 0.3 is 0 Å². The molecule has 4 rings (SSSR count). The minimum atomic E-state index is -0.384. The van der Waals surface area contributed by atoms with Gasteiger partial charge in [-0.1, -0.05) is 32.0 Å².